The van der Waals surface area contributed by atoms with Crippen LogP contribution in [0.4, 0.5) is 10.5 Å². The first kappa shape index (κ1) is 19.9. The normalized spacial score (nSPS) is 17.7. The van der Waals surface area contributed by atoms with Crippen molar-refractivity contribution in [1.82, 2.24) is 14.5 Å². The van der Waals surface area contributed by atoms with Crippen molar-refractivity contribution in [3.63, 3.8) is 0 Å². The Balaban J connectivity index is 1.35. The molecule has 2 aromatic rings. The summed E-state index contributed by atoms with van der Waals surface area (Å²) in [5.74, 6) is -0.640. The molecule has 4 rings (SSSR count). The van der Waals surface area contributed by atoms with Crippen LogP contribution in [0, 0.1) is 0 Å². The number of anilines is 1. The molecule has 156 valence electrons. The molecule has 2 saturated heterocycles. The minimum atomic E-state index is -0.590. The summed E-state index contributed by atoms with van der Waals surface area (Å²) in [6, 6.07) is 8.98. The zero-order valence-electron chi connectivity index (χ0n) is 16.1. The fourth-order valence-electron chi connectivity index (χ4n) is 3.88. The number of aromatic nitrogens is 1. The average Bonchev–Trinajstić information content (AvgIpc) is 3.36. The van der Waals surface area contributed by atoms with E-state index in [0.29, 0.717) is 13.1 Å². The van der Waals surface area contributed by atoms with Gasteiger partial charge in [-0.2, -0.15) is 0 Å². The molecule has 0 bridgehead atoms. The second kappa shape index (κ2) is 8.54. The number of carbonyl (C=O) groups is 1. The van der Waals surface area contributed by atoms with Gasteiger partial charge in [-0.15, -0.1) is 4.73 Å². The van der Waals surface area contributed by atoms with E-state index in [1.807, 2.05) is 0 Å². The minimum Gasteiger partial charge on any atom is -0.492 e. The molecule has 0 unspecified atom stereocenters. The summed E-state index contributed by atoms with van der Waals surface area (Å²) in [5.41, 5.74) is 2.59. The van der Waals surface area contributed by atoms with Crippen LogP contribution in [-0.4, -0.2) is 70.1 Å². The molecule has 1 aromatic carbocycles. The predicted octanol–water partition coefficient (Wildman–Crippen LogP) is 2.63. The van der Waals surface area contributed by atoms with Crippen LogP contribution in [0.15, 0.2) is 34.8 Å². The molecule has 0 spiro atoms. The summed E-state index contributed by atoms with van der Waals surface area (Å²) >= 11 is 3.59. The fourth-order valence-corrected chi connectivity index (χ4v) is 4.23. The Bertz CT molecular complexity index is 854. The summed E-state index contributed by atoms with van der Waals surface area (Å²) in [5, 5.41) is 19.2. The van der Waals surface area contributed by atoms with E-state index in [-0.39, 0.29) is 11.8 Å². The zero-order chi connectivity index (χ0) is 20.4. The van der Waals surface area contributed by atoms with Gasteiger partial charge in [0.05, 0.1) is 0 Å². The number of rotatable bonds is 4. The lowest BCUT2D eigenvalue weighted by atomic mass is 10.1. The lowest BCUT2D eigenvalue weighted by Crippen LogP contribution is -2.50. The third-order valence-electron chi connectivity index (χ3n) is 5.49. The smallest absolute Gasteiger partial charge is 0.434 e. The maximum absolute atomic E-state index is 12.3. The summed E-state index contributed by atoms with van der Waals surface area (Å²) in [7, 11) is 0. The Kier molecular flexibility index (Phi) is 5.86. The molecule has 8 nitrogen and oxygen atoms in total. The number of amides is 1. The highest BCUT2D eigenvalue weighted by Crippen LogP contribution is 2.29. The first-order chi connectivity index (χ1) is 14.0. The molecule has 29 heavy (non-hydrogen) atoms. The number of hydrogen-bond donors (Lipinski definition) is 2. The predicted molar refractivity (Wildman–Crippen MR) is 112 cm³/mol. The van der Waals surface area contributed by atoms with Crippen LogP contribution < -0.4 is 9.74 Å². The van der Waals surface area contributed by atoms with Crippen molar-refractivity contribution in [3.8, 4) is 11.8 Å². The largest absolute Gasteiger partial charge is 0.492 e. The van der Waals surface area contributed by atoms with Crippen molar-refractivity contribution < 1.29 is 19.8 Å². The molecule has 2 aliphatic rings. The number of nitrogens with zero attached hydrogens (tertiary/aromatic N) is 4. The summed E-state index contributed by atoms with van der Waals surface area (Å²) in [4.78, 5) is 23.8. The van der Waals surface area contributed by atoms with E-state index in [9.17, 15) is 15.0 Å². The highest BCUT2D eigenvalue weighted by molar-refractivity contribution is 9.10. The van der Waals surface area contributed by atoms with Gasteiger partial charge >= 0.3 is 6.09 Å². The van der Waals surface area contributed by atoms with Crippen LogP contribution >= 0.6 is 15.9 Å². The standard InChI is InChI=1S/C20H25BrN4O4/c21-16-4-3-15(17(13-16)23-7-1-2-8-23)14-22-9-11-24(12-10-22)20(28)29-25-18(26)5-6-19(25)27/h3-6,13,26-27H,1-2,7-12,14H2. The minimum absolute atomic E-state index is 0.320. The van der Waals surface area contributed by atoms with Gasteiger partial charge in [-0.25, -0.2) is 4.79 Å². The van der Waals surface area contributed by atoms with Crippen LogP contribution in [0.3, 0.4) is 0 Å². The van der Waals surface area contributed by atoms with Crippen molar-refractivity contribution in [3.05, 3.63) is 40.4 Å². The molecule has 2 aliphatic heterocycles. The van der Waals surface area contributed by atoms with Crippen molar-refractivity contribution in [2.24, 2.45) is 0 Å². The van der Waals surface area contributed by atoms with E-state index in [2.05, 4.69) is 43.9 Å². The second-order valence-electron chi connectivity index (χ2n) is 7.43. The Morgan fingerprint density at radius 2 is 1.62 bits per heavy atom. The van der Waals surface area contributed by atoms with Gasteiger partial charge in [0.1, 0.15) is 0 Å². The molecule has 2 N–H and O–H groups in total. The Hall–Kier alpha value is -2.39. The number of halogens is 1. The summed E-state index contributed by atoms with van der Waals surface area (Å²) in [6.07, 6.45) is 1.88. The van der Waals surface area contributed by atoms with Crippen LogP contribution in [0.25, 0.3) is 0 Å². The fraction of sp³-hybridized carbons (Fsp3) is 0.450. The van der Waals surface area contributed by atoms with Gasteiger partial charge in [-0.1, -0.05) is 22.0 Å². The van der Waals surface area contributed by atoms with Crippen LogP contribution in [0.5, 0.6) is 11.8 Å². The molecule has 1 amide bonds. The molecular weight excluding hydrogens is 440 g/mol. The average molecular weight is 465 g/mol. The van der Waals surface area contributed by atoms with Crippen LogP contribution in [0.2, 0.25) is 0 Å². The van der Waals surface area contributed by atoms with E-state index in [1.54, 1.807) is 4.90 Å². The van der Waals surface area contributed by atoms with Gasteiger partial charge in [0.15, 0.2) is 0 Å². The lowest BCUT2D eigenvalue weighted by molar-refractivity contribution is 0.0556. The van der Waals surface area contributed by atoms with Gasteiger partial charge in [-0.05, 0) is 30.5 Å². The Morgan fingerprint density at radius 3 is 2.28 bits per heavy atom. The van der Waals surface area contributed by atoms with Crippen LogP contribution in [0.1, 0.15) is 18.4 Å². The molecule has 0 radical (unpaired) electrons. The first-order valence-corrected chi connectivity index (χ1v) is 10.6. The quantitative estimate of drug-likeness (QED) is 0.723. The first-order valence-electron chi connectivity index (χ1n) is 9.84. The van der Waals surface area contributed by atoms with E-state index in [0.717, 1.165) is 41.9 Å². The van der Waals surface area contributed by atoms with Crippen molar-refractivity contribution in [2.75, 3.05) is 44.2 Å². The number of carbonyl (C=O) groups excluding carboxylic acids is 1. The summed E-state index contributed by atoms with van der Waals surface area (Å²) < 4.78 is 1.81. The number of benzene rings is 1. The lowest BCUT2D eigenvalue weighted by Gasteiger charge is -2.34. The second-order valence-corrected chi connectivity index (χ2v) is 8.35. The van der Waals surface area contributed by atoms with Crippen LogP contribution in [-0.2, 0) is 6.54 Å². The topological polar surface area (TPSA) is 81.4 Å². The van der Waals surface area contributed by atoms with E-state index in [1.165, 1.54) is 36.2 Å². The molecular formula is C20H25BrN4O4. The van der Waals surface area contributed by atoms with Gasteiger partial charge in [0.2, 0.25) is 11.8 Å². The van der Waals surface area contributed by atoms with Gasteiger partial charge < -0.3 is 24.9 Å². The van der Waals surface area contributed by atoms with Crippen molar-refractivity contribution in [1.29, 1.82) is 0 Å². The highest BCUT2D eigenvalue weighted by atomic mass is 79.9. The molecule has 0 aliphatic carbocycles. The Labute approximate surface area is 178 Å². The highest BCUT2D eigenvalue weighted by Gasteiger charge is 2.25. The monoisotopic (exact) mass is 464 g/mol. The van der Waals surface area contributed by atoms with Crippen molar-refractivity contribution >= 4 is 27.7 Å². The van der Waals surface area contributed by atoms with E-state index >= 15 is 0 Å². The molecule has 0 atom stereocenters. The van der Waals surface area contributed by atoms with E-state index in [4.69, 9.17) is 4.84 Å². The molecule has 2 fully saturated rings. The third-order valence-corrected chi connectivity index (χ3v) is 5.98. The maximum atomic E-state index is 12.3. The SMILES string of the molecule is O=C(On1c(O)ccc1O)N1CCN(Cc2ccc(Br)cc2N2CCCC2)CC1. The molecule has 0 saturated carbocycles. The number of aromatic hydroxyl groups is 2. The molecule has 1 aromatic heterocycles. The van der Waals surface area contributed by atoms with Gasteiger partial charge in [-0.3, -0.25) is 4.90 Å². The van der Waals surface area contributed by atoms with Crippen molar-refractivity contribution in [2.45, 2.75) is 19.4 Å². The summed E-state index contributed by atoms with van der Waals surface area (Å²) in [6.45, 7) is 5.54. The van der Waals surface area contributed by atoms with Gasteiger partial charge in [0.25, 0.3) is 0 Å². The molecule has 3 heterocycles. The van der Waals surface area contributed by atoms with E-state index < -0.39 is 6.09 Å². The maximum Gasteiger partial charge on any atom is 0.434 e. The molecule has 9 heteroatoms. The third kappa shape index (κ3) is 4.45. The number of piperazine rings is 1. The Morgan fingerprint density at radius 1 is 0.966 bits per heavy atom. The number of hydrogen-bond acceptors (Lipinski definition) is 6. The van der Waals surface area contributed by atoms with Gasteiger partial charge in [0, 0.05) is 68.1 Å². The zero-order valence-corrected chi connectivity index (χ0v) is 17.7.